The number of amides is 1. The first-order valence-corrected chi connectivity index (χ1v) is 8.22. The molecule has 21 heavy (non-hydrogen) atoms. The van der Waals surface area contributed by atoms with Crippen molar-refractivity contribution in [2.45, 2.75) is 17.9 Å². The number of rotatable bonds is 5. The highest BCUT2D eigenvalue weighted by molar-refractivity contribution is 8.00. The summed E-state index contributed by atoms with van der Waals surface area (Å²) in [5.74, 6) is 0.332. The first kappa shape index (κ1) is 16.2. The highest BCUT2D eigenvalue weighted by Gasteiger charge is 2.12. The molecule has 0 unspecified atom stereocenters. The van der Waals surface area contributed by atoms with Gasteiger partial charge in [-0.1, -0.05) is 41.4 Å². The summed E-state index contributed by atoms with van der Waals surface area (Å²) < 4.78 is 0. The van der Waals surface area contributed by atoms with Crippen molar-refractivity contribution in [3.05, 3.63) is 64.1 Å². The van der Waals surface area contributed by atoms with E-state index in [2.05, 4.69) is 5.32 Å². The van der Waals surface area contributed by atoms with Crippen molar-refractivity contribution in [3.8, 4) is 0 Å². The largest absolute Gasteiger partial charge is 0.349 e. The summed E-state index contributed by atoms with van der Waals surface area (Å²) in [7, 11) is 0. The fourth-order valence-electron chi connectivity index (χ4n) is 1.87. The number of carbonyl (C=O) groups excluding carboxylic acids is 1. The predicted molar refractivity (Wildman–Crippen MR) is 90.2 cm³/mol. The van der Waals surface area contributed by atoms with Crippen LogP contribution in [0.25, 0.3) is 0 Å². The second kappa shape index (κ2) is 7.74. The van der Waals surface area contributed by atoms with Crippen molar-refractivity contribution in [3.63, 3.8) is 0 Å². The van der Waals surface area contributed by atoms with Gasteiger partial charge in [-0.05, 0) is 42.8 Å². The molecule has 0 saturated carbocycles. The van der Waals surface area contributed by atoms with Gasteiger partial charge < -0.3 is 5.32 Å². The van der Waals surface area contributed by atoms with E-state index in [4.69, 9.17) is 23.2 Å². The summed E-state index contributed by atoms with van der Waals surface area (Å²) in [4.78, 5) is 13.0. The number of hydrogen-bond donors (Lipinski definition) is 1. The van der Waals surface area contributed by atoms with Gasteiger partial charge in [-0.3, -0.25) is 4.79 Å². The van der Waals surface area contributed by atoms with Crippen LogP contribution in [0.2, 0.25) is 10.0 Å². The van der Waals surface area contributed by atoms with E-state index in [1.165, 1.54) is 11.8 Å². The number of thioether (sulfide) groups is 1. The van der Waals surface area contributed by atoms with Gasteiger partial charge in [0.2, 0.25) is 5.91 Å². The summed E-state index contributed by atoms with van der Waals surface area (Å²) in [6.07, 6.45) is 0. The molecule has 0 fully saturated rings. The van der Waals surface area contributed by atoms with Crippen LogP contribution in [0.5, 0.6) is 0 Å². The van der Waals surface area contributed by atoms with Gasteiger partial charge in [-0.2, -0.15) is 0 Å². The molecule has 0 heterocycles. The van der Waals surface area contributed by atoms with Crippen LogP contribution < -0.4 is 5.32 Å². The smallest absolute Gasteiger partial charge is 0.230 e. The maximum Gasteiger partial charge on any atom is 0.230 e. The maximum atomic E-state index is 12.0. The number of halogens is 2. The summed E-state index contributed by atoms with van der Waals surface area (Å²) in [6, 6.07) is 14.8. The third-order valence-electron chi connectivity index (χ3n) is 2.93. The van der Waals surface area contributed by atoms with Gasteiger partial charge in [0.25, 0.3) is 0 Å². The molecule has 2 nitrogen and oxygen atoms in total. The Morgan fingerprint density at radius 2 is 1.81 bits per heavy atom. The topological polar surface area (TPSA) is 29.1 Å². The second-order valence-electron chi connectivity index (χ2n) is 4.55. The van der Waals surface area contributed by atoms with E-state index in [0.717, 1.165) is 10.5 Å². The predicted octanol–water partition coefficient (Wildman–Crippen LogP) is 4.96. The van der Waals surface area contributed by atoms with Gasteiger partial charge in [-0.15, -0.1) is 11.8 Å². The SMILES string of the molecule is C[C@@H](NC(=O)CSc1ccc(Cl)cc1)c1ccccc1Cl. The molecule has 0 spiro atoms. The summed E-state index contributed by atoms with van der Waals surface area (Å²) in [5, 5.41) is 4.30. The van der Waals surface area contributed by atoms with E-state index in [9.17, 15) is 4.79 Å². The van der Waals surface area contributed by atoms with Crippen LogP contribution in [0.4, 0.5) is 0 Å². The molecular weight excluding hydrogens is 325 g/mol. The maximum absolute atomic E-state index is 12.0. The molecule has 110 valence electrons. The Morgan fingerprint density at radius 3 is 2.48 bits per heavy atom. The third-order valence-corrected chi connectivity index (χ3v) is 4.54. The van der Waals surface area contributed by atoms with Gasteiger partial charge in [0.15, 0.2) is 0 Å². The first-order chi connectivity index (χ1) is 10.1. The van der Waals surface area contributed by atoms with Crippen molar-refractivity contribution in [2.75, 3.05) is 5.75 Å². The zero-order chi connectivity index (χ0) is 15.2. The Hall–Kier alpha value is -1.16. The van der Waals surface area contributed by atoms with Gasteiger partial charge in [0, 0.05) is 14.9 Å². The van der Waals surface area contributed by atoms with E-state index in [-0.39, 0.29) is 11.9 Å². The monoisotopic (exact) mass is 339 g/mol. The molecule has 0 aliphatic rings. The second-order valence-corrected chi connectivity index (χ2v) is 6.45. The zero-order valence-electron chi connectivity index (χ0n) is 11.5. The molecule has 0 aromatic heterocycles. The fourth-order valence-corrected chi connectivity index (χ4v) is 3.00. The first-order valence-electron chi connectivity index (χ1n) is 6.48. The lowest BCUT2D eigenvalue weighted by atomic mass is 10.1. The lowest BCUT2D eigenvalue weighted by Crippen LogP contribution is -2.28. The molecule has 0 bridgehead atoms. The highest BCUT2D eigenvalue weighted by atomic mass is 35.5. The molecule has 0 aliphatic carbocycles. The average molecular weight is 340 g/mol. The fraction of sp³-hybridized carbons (Fsp3) is 0.188. The molecular formula is C16H15Cl2NOS. The Morgan fingerprint density at radius 1 is 1.14 bits per heavy atom. The van der Waals surface area contributed by atoms with E-state index >= 15 is 0 Å². The third kappa shape index (κ3) is 4.95. The minimum absolute atomic E-state index is 0.0256. The van der Waals surface area contributed by atoms with Gasteiger partial charge >= 0.3 is 0 Å². The highest BCUT2D eigenvalue weighted by Crippen LogP contribution is 2.23. The molecule has 0 aliphatic heterocycles. The van der Waals surface area contributed by atoms with E-state index < -0.39 is 0 Å². The molecule has 0 saturated heterocycles. The van der Waals surface area contributed by atoms with Crippen molar-refractivity contribution in [2.24, 2.45) is 0 Å². The van der Waals surface area contributed by atoms with Gasteiger partial charge in [0.05, 0.1) is 11.8 Å². The summed E-state index contributed by atoms with van der Waals surface area (Å²) >= 11 is 13.4. The molecule has 2 aromatic carbocycles. The van der Waals surface area contributed by atoms with Crippen LogP contribution in [0.1, 0.15) is 18.5 Å². The van der Waals surface area contributed by atoms with Crippen molar-refractivity contribution in [1.29, 1.82) is 0 Å². The quantitative estimate of drug-likeness (QED) is 0.779. The Balaban J connectivity index is 1.87. The molecule has 2 aromatic rings. The van der Waals surface area contributed by atoms with Crippen LogP contribution in [0.3, 0.4) is 0 Å². The summed E-state index contributed by atoms with van der Waals surface area (Å²) in [6.45, 7) is 1.92. The number of nitrogens with one attached hydrogen (secondary N) is 1. The lowest BCUT2D eigenvalue weighted by Gasteiger charge is -2.15. The molecule has 0 radical (unpaired) electrons. The van der Waals surface area contributed by atoms with E-state index in [1.807, 2.05) is 55.5 Å². The zero-order valence-corrected chi connectivity index (χ0v) is 13.8. The van der Waals surface area contributed by atoms with Crippen molar-refractivity contribution in [1.82, 2.24) is 5.32 Å². The molecule has 5 heteroatoms. The average Bonchev–Trinajstić information content (AvgIpc) is 2.47. The molecule has 1 N–H and O–H groups in total. The minimum Gasteiger partial charge on any atom is -0.349 e. The van der Waals surface area contributed by atoms with Crippen LogP contribution >= 0.6 is 35.0 Å². The van der Waals surface area contributed by atoms with Crippen LogP contribution in [-0.2, 0) is 4.79 Å². The summed E-state index contributed by atoms with van der Waals surface area (Å²) in [5.41, 5.74) is 0.920. The molecule has 1 atom stereocenters. The lowest BCUT2D eigenvalue weighted by molar-refractivity contribution is -0.119. The van der Waals surface area contributed by atoms with Gasteiger partial charge in [-0.25, -0.2) is 0 Å². The van der Waals surface area contributed by atoms with Crippen LogP contribution in [-0.4, -0.2) is 11.7 Å². The van der Waals surface area contributed by atoms with E-state index in [0.29, 0.717) is 15.8 Å². The standard InChI is InChI=1S/C16H15Cl2NOS/c1-11(14-4-2-3-5-15(14)18)19-16(20)10-21-13-8-6-12(17)7-9-13/h2-9,11H,10H2,1H3,(H,19,20)/t11-/m1/s1. The minimum atomic E-state index is -0.114. The van der Waals surface area contributed by atoms with Crippen molar-refractivity contribution >= 4 is 40.9 Å². The molecule has 1 amide bonds. The van der Waals surface area contributed by atoms with Crippen LogP contribution in [0.15, 0.2) is 53.4 Å². The van der Waals surface area contributed by atoms with Crippen LogP contribution in [0, 0.1) is 0 Å². The molecule has 2 rings (SSSR count). The Labute approximate surface area is 138 Å². The Kier molecular flexibility index (Phi) is 5.97. The van der Waals surface area contributed by atoms with E-state index in [1.54, 1.807) is 0 Å². The number of benzene rings is 2. The van der Waals surface area contributed by atoms with Gasteiger partial charge in [0.1, 0.15) is 0 Å². The number of hydrogen-bond acceptors (Lipinski definition) is 2. The normalized spacial score (nSPS) is 12.0. The Bertz CT molecular complexity index is 616. The number of carbonyl (C=O) groups is 1. The van der Waals surface area contributed by atoms with Crippen molar-refractivity contribution < 1.29 is 4.79 Å².